The van der Waals surface area contributed by atoms with Crippen molar-refractivity contribution in [3.8, 4) is 0 Å². The average molecular weight is 365 g/mol. The van der Waals surface area contributed by atoms with Gasteiger partial charge in [-0.1, -0.05) is 24.3 Å². The molecule has 0 radical (unpaired) electrons. The van der Waals surface area contributed by atoms with E-state index in [0.29, 0.717) is 0 Å². The second-order valence-electron chi connectivity index (χ2n) is 5.71. The number of hydrogen-bond donors (Lipinski definition) is 6. The molecular weight excluding hydrogens is 344 g/mol. The topological polar surface area (TPSA) is 147 Å². The summed E-state index contributed by atoms with van der Waals surface area (Å²) in [6.45, 7) is -0.133. The van der Waals surface area contributed by atoms with Crippen molar-refractivity contribution in [3.05, 3.63) is 35.4 Å². The van der Waals surface area contributed by atoms with Crippen LogP contribution in [0.1, 0.15) is 36.4 Å². The van der Waals surface area contributed by atoms with Crippen LogP contribution in [0.2, 0.25) is 0 Å². The van der Waals surface area contributed by atoms with Gasteiger partial charge >= 0.3 is 15.2 Å². The molecule has 1 aromatic carbocycles. The van der Waals surface area contributed by atoms with E-state index in [2.05, 4.69) is 5.32 Å². The van der Waals surface area contributed by atoms with Crippen LogP contribution in [-0.2, 0) is 15.6 Å². The van der Waals surface area contributed by atoms with Crippen molar-refractivity contribution in [3.63, 3.8) is 0 Å². The second kappa shape index (κ2) is 6.75. The summed E-state index contributed by atoms with van der Waals surface area (Å²) >= 11 is 0. The minimum absolute atomic E-state index is 0.0715. The first-order chi connectivity index (χ1) is 10.6. The number of benzene rings is 1. The van der Waals surface area contributed by atoms with Crippen molar-refractivity contribution in [2.24, 2.45) is 0 Å². The molecule has 0 heterocycles. The van der Waals surface area contributed by atoms with E-state index < -0.39 is 26.7 Å². The normalized spacial score (nSPS) is 19.4. The Kier molecular flexibility index (Phi) is 5.51. The van der Waals surface area contributed by atoms with Crippen molar-refractivity contribution in [1.82, 2.24) is 5.32 Å². The first-order valence-corrected chi connectivity index (χ1v) is 10.4. The van der Waals surface area contributed by atoms with Gasteiger partial charge < -0.3 is 30.0 Å². The summed E-state index contributed by atoms with van der Waals surface area (Å²) in [4.78, 5) is 36.4. The van der Waals surface area contributed by atoms with Gasteiger partial charge in [-0.05, 0) is 36.9 Å². The molecule has 1 aliphatic rings. The Labute approximate surface area is 133 Å². The summed E-state index contributed by atoms with van der Waals surface area (Å²) < 4.78 is 22.6. The zero-order valence-corrected chi connectivity index (χ0v) is 14.2. The van der Waals surface area contributed by atoms with Crippen LogP contribution < -0.4 is 5.32 Å². The van der Waals surface area contributed by atoms with Gasteiger partial charge in [0.15, 0.2) is 0 Å². The van der Waals surface area contributed by atoms with Gasteiger partial charge in [0.2, 0.25) is 0 Å². The van der Waals surface area contributed by atoms with E-state index in [1.54, 1.807) is 0 Å². The Morgan fingerprint density at radius 2 is 1.74 bits per heavy atom. The molecule has 0 aromatic heterocycles. The van der Waals surface area contributed by atoms with Crippen LogP contribution in [0.5, 0.6) is 0 Å². The van der Waals surface area contributed by atoms with Gasteiger partial charge in [-0.25, -0.2) is 0 Å². The highest BCUT2D eigenvalue weighted by molar-refractivity contribution is 7.72. The molecule has 130 valence electrons. The van der Waals surface area contributed by atoms with Crippen LogP contribution in [0.3, 0.4) is 0 Å². The van der Waals surface area contributed by atoms with Gasteiger partial charge in [0.05, 0.1) is 0 Å². The lowest BCUT2D eigenvalue weighted by molar-refractivity contribution is 0.121. The lowest BCUT2D eigenvalue weighted by Crippen LogP contribution is -2.35. The third-order valence-electron chi connectivity index (χ3n) is 4.15. The molecule has 0 amide bonds. The fourth-order valence-electron chi connectivity index (χ4n) is 2.84. The van der Waals surface area contributed by atoms with Gasteiger partial charge in [0.1, 0.15) is 0 Å². The predicted molar refractivity (Wildman–Crippen MR) is 83.8 cm³/mol. The Bertz CT molecular complexity index is 631. The molecule has 8 nitrogen and oxygen atoms in total. The summed E-state index contributed by atoms with van der Waals surface area (Å²) in [5.74, 6) is 0. The summed E-state index contributed by atoms with van der Waals surface area (Å²) in [7, 11) is -10.8. The zero-order valence-electron chi connectivity index (χ0n) is 12.4. The Balaban J connectivity index is 2.08. The Hall–Kier alpha value is -0.560. The van der Waals surface area contributed by atoms with Crippen LogP contribution in [0, 0.1) is 0 Å². The smallest absolute Gasteiger partial charge is 0.367 e. The van der Waals surface area contributed by atoms with Crippen molar-refractivity contribution < 1.29 is 33.8 Å². The van der Waals surface area contributed by atoms with Gasteiger partial charge in [-0.15, -0.1) is 0 Å². The number of hydrogen-bond acceptors (Lipinski definition) is 4. The van der Waals surface area contributed by atoms with Crippen molar-refractivity contribution in [2.75, 3.05) is 6.54 Å². The first-order valence-electron chi connectivity index (χ1n) is 7.21. The van der Waals surface area contributed by atoms with E-state index in [0.717, 1.165) is 24.8 Å². The maximum atomic E-state index is 11.3. The quantitative estimate of drug-likeness (QED) is 0.410. The van der Waals surface area contributed by atoms with Crippen LogP contribution in [0.4, 0.5) is 0 Å². The highest BCUT2D eigenvalue weighted by atomic mass is 31.2. The van der Waals surface area contributed by atoms with E-state index in [9.17, 15) is 14.2 Å². The molecule has 1 unspecified atom stereocenters. The second-order valence-corrected chi connectivity index (χ2v) is 9.72. The van der Waals surface area contributed by atoms with Crippen LogP contribution >= 0.6 is 15.2 Å². The predicted octanol–water partition coefficient (Wildman–Crippen LogP) is 1.05. The molecule has 6 N–H and O–H groups in total. The van der Waals surface area contributed by atoms with Gasteiger partial charge in [0, 0.05) is 12.5 Å². The molecular formula is C13H21NO7P2. The Morgan fingerprint density at radius 3 is 2.35 bits per heavy atom. The fourth-order valence-corrected chi connectivity index (χ4v) is 5.00. The lowest BCUT2D eigenvalue weighted by Gasteiger charge is -2.31. The summed E-state index contributed by atoms with van der Waals surface area (Å²) in [5, 5.41) is 9.51. The Morgan fingerprint density at radius 1 is 1.13 bits per heavy atom. The summed E-state index contributed by atoms with van der Waals surface area (Å²) in [6.07, 6.45) is 1.95. The molecule has 0 spiro atoms. The highest BCUT2D eigenvalue weighted by Crippen LogP contribution is 2.68. The number of rotatable bonds is 6. The summed E-state index contributed by atoms with van der Waals surface area (Å²) in [6, 6.07) is 7.70. The summed E-state index contributed by atoms with van der Waals surface area (Å²) in [5.41, 5.74) is 2.24. The molecule has 0 fully saturated rings. The molecule has 1 aromatic rings. The van der Waals surface area contributed by atoms with Gasteiger partial charge in [-0.3, -0.25) is 9.13 Å². The first kappa shape index (κ1) is 18.8. The minimum Gasteiger partial charge on any atom is -0.367 e. The molecule has 0 aliphatic heterocycles. The standard InChI is InChI=1S/C13H21NO7P2/c15-13(22(16,17)18,23(19,20)21)8-9-14-12-7-3-5-10-4-1-2-6-11(10)12/h1-2,4,6,12,14-15H,3,5,7-9H2,(H2,16,17,18)(H2,19,20,21). The van der Waals surface area contributed by atoms with Crippen molar-refractivity contribution in [2.45, 2.75) is 36.8 Å². The van der Waals surface area contributed by atoms with E-state index in [4.69, 9.17) is 19.6 Å². The van der Waals surface area contributed by atoms with Crippen LogP contribution in [0.25, 0.3) is 0 Å². The van der Waals surface area contributed by atoms with E-state index >= 15 is 0 Å². The number of aliphatic hydroxyl groups is 1. The molecule has 23 heavy (non-hydrogen) atoms. The molecule has 1 aliphatic carbocycles. The maximum Gasteiger partial charge on any atom is 0.369 e. The number of fused-ring (bicyclic) bond motifs is 1. The van der Waals surface area contributed by atoms with Crippen LogP contribution in [-0.4, -0.2) is 36.3 Å². The van der Waals surface area contributed by atoms with Crippen molar-refractivity contribution in [1.29, 1.82) is 0 Å². The molecule has 10 heteroatoms. The van der Waals surface area contributed by atoms with E-state index in [-0.39, 0.29) is 12.6 Å². The lowest BCUT2D eigenvalue weighted by atomic mass is 9.88. The molecule has 1 atom stereocenters. The maximum absolute atomic E-state index is 11.3. The number of aryl methyl sites for hydroxylation is 1. The third-order valence-corrected chi connectivity index (χ3v) is 8.03. The minimum atomic E-state index is -5.39. The van der Waals surface area contributed by atoms with Gasteiger partial charge in [0.25, 0.3) is 5.08 Å². The van der Waals surface area contributed by atoms with E-state index in [1.807, 2.05) is 24.3 Å². The SMILES string of the molecule is O=P(O)(O)C(O)(CCNC1CCCc2ccccc21)P(=O)(O)O. The molecule has 0 saturated heterocycles. The largest absolute Gasteiger partial charge is 0.369 e. The molecule has 2 rings (SSSR count). The van der Waals surface area contributed by atoms with E-state index in [1.165, 1.54) is 5.56 Å². The third kappa shape index (κ3) is 3.92. The zero-order chi connectivity index (χ0) is 17.3. The van der Waals surface area contributed by atoms with Crippen molar-refractivity contribution >= 4 is 15.2 Å². The monoisotopic (exact) mass is 365 g/mol. The fraction of sp³-hybridized carbons (Fsp3) is 0.538. The number of nitrogens with one attached hydrogen (secondary N) is 1. The average Bonchev–Trinajstić information content (AvgIpc) is 2.45. The van der Waals surface area contributed by atoms with Gasteiger partial charge in [-0.2, -0.15) is 0 Å². The highest BCUT2D eigenvalue weighted by Gasteiger charge is 2.58. The molecule has 0 bridgehead atoms. The van der Waals surface area contributed by atoms with Crippen LogP contribution in [0.15, 0.2) is 24.3 Å². The molecule has 0 saturated carbocycles.